The van der Waals surface area contributed by atoms with Crippen LogP contribution in [0.15, 0.2) is 12.3 Å². The zero-order valence-electron chi connectivity index (χ0n) is 11.4. The molecule has 1 aliphatic rings. The highest BCUT2D eigenvalue weighted by Gasteiger charge is 2.19. The molecule has 1 fully saturated rings. The number of nitrogens with one attached hydrogen (secondary N) is 1. The van der Waals surface area contributed by atoms with Crippen molar-refractivity contribution in [2.45, 2.75) is 32.7 Å². The first-order valence-electron chi connectivity index (χ1n) is 6.71. The number of aryl methyl sites for hydroxylation is 1. The molecule has 104 valence electrons. The van der Waals surface area contributed by atoms with Gasteiger partial charge in [-0.25, -0.2) is 4.98 Å². The van der Waals surface area contributed by atoms with Crippen molar-refractivity contribution in [1.82, 2.24) is 10.3 Å². The van der Waals surface area contributed by atoms with Crippen LogP contribution in [-0.2, 0) is 0 Å². The summed E-state index contributed by atoms with van der Waals surface area (Å²) in [5.41, 5.74) is 0.742. The molecule has 0 aromatic carbocycles. The van der Waals surface area contributed by atoms with Gasteiger partial charge in [0.05, 0.1) is 4.92 Å². The minimum atomic E-state index is -0.388. The maximum Gasteiger partial charge on any atom is 0.290 e. The van der Waals surface area contributed by atoms with E-state index in [-0.39, 0.29) is 10.6 Å². The van der Waals surface area contributed by atoms with Gasteiger partial charge in [-0.2, -0.15) is 0 Å². The summed E-state index contributed by atoms with van der Waals surface area (Å²) in [5.74, 6) is 0.819. The molecule has 1 saturated heterocycles. The first kappa shape index (κ1) is 13.7. The van der Waals surface area contributed by atoms with E-state index in [9.17, 15) is 10.1 Å². The third-order valence-electron chi connectivity index (χ3n) is 3.57. The van der Waals surface area contributed by atoms with Crippen LogP contribution in [0.25, 0.3) is 0 Å². The van der Waals surface area contributed by atoms with Crippen LogP contribution in [0.1, 0.15) is 25.3 Å². The molecule has 0 aliphatic carbocycles. The fourth-order valence-corrected chi connectivity index (χ4v) is 2.46. The van der Waals surface area contributed by atoms with Crippen molar-refractivity contribution < 1.29 is 4.92 Å². The van der Waals surface area contributed by atoms with E-state index in [4.69, 9.17) is 0 Å². The predicted molar refractivity (Wildman–Crippen MR) is 74.5 cm³/mol. The van der Waals surface area contributed by atoms with Gasteiger partial charge in [0, 0.05) is 24.7 Å². The average molecular weight is 264 g/mol. The fraction of sp³-hybridized carbons (Fsp3) is 0.615. The molecular weight excluding hydrogens is 244 g/mol. The summed E-state index contributed by atoms with van der Waals surface area (Å²) >= 11 is 0. The van der Waals surface area contributed by atoms with Crippen LogP contribution in [0.5, 0.6) is 0 Å². The Labute approximate surface area is 113 Å². The number of nitrogens with zero attached hydrogens (tertiary/aromatic N) is 3. The highest BCUT2D eigenvalue weighted by molar-refractivity contribution is 5.48. The van der Waals surface area contributed by atoms with Crippen LogP contribution in [-0.4, -0.2) is 35.6 Å². The van der Waals surface area contributed by atoms with Crippen LogP contribution >= 0.6 is 0 Å². The molecule has 6 nitrogen and oxygen atoms in total. The molecule has 1 aliphatic heterocycles. The molecule has 2 heterocycles. The normalized spacial score (nSPS) is 18.5. The van der Waals surface area contributed by atoms with Crippen molar-refractivity contribution in [3.8, 4) is 0 Å². The molecular formula is C13H20N4O2. The number of anilines is 1. The molecule has 0 saturated carbocycles. The summed E-state index contributed by atoms with van der Waals surface area (Å²) in [4.78, 5) is 16.8. The van der Waals surface area contributed by atoms with Gasteiger partial charge in [0.2, 0.25) is 0 Å². The Morgan fingerprint density at radius 2 is 2.42 bits per heavy atom. The molecule has 19 heavy (non-hydrogen) atoms. The average Bonchev–Trinajstić information content (AvgIpc) is 2.88. The second-order valence-corrected chi connectivity index (χ2v) is 4.92. The number of aromatic nitrogens is 1. The number of hydrogen-bond acceptors (Lipinski definition) is 5. The van der Waals surface area contributed by atoms with Gasteiger partial charge in [-0.15, -0.1) is 0 Å². The number of pyridine rings is 1. The first-order chi connectivity index (χ1) is 9.11. The molecule has 1 aromatic rings. The van der Waals surface area contributed by atoms with Gasteiger partial charge >= 0.3 is 0 Å². The number of hydrogen-bond donors (Lipinski definition) is 1. The highest BCUT2D eigenvalue weighted by atomic mass is 16.6. The van der Waals surface area contributed by atoms with E-state index < -0.39 is 0 Å². The summed E-state index contributed by atoms with van der Waals surface area (Å²) in [7, 11) is 0. The Hall–Kier alpha value is -1.69. The van der Waals surface area contributed by atoms with Crippen molar-refractivity contribution in [2.75, 3.05) is 24.5 Å². The van der Waals surface area contributed by atoms with Gasteiger partial charge in [0.15, 0.2) is 0 Å². The molecule has 0 radical (unpaired) electrons. The Bertz CT molecular complexity index is 458. The van der Waals surface area contributed by atoms with Crippen molar-refractivity contribution in [3.05, 3.63) is 27.9 Å². The van der Waals surface area contributed by atoms with Crippen molar-refractivity contribution in [2.24, 2.45) is 0 Å². The maximum atomic E-state index is 10.8. The molecule has 1 N–H and O–H groups in total. The molecule has 0 spiro atoms. The summed E-state index contributed by atoms with van der Waals surface area (Å²) in [6.45, 7) is 6.66. The summed E-state index contributed by atoms with van der Waals surface area (Å²) in [6, 6.07) is 2.30. The minimum absolute atomic E-state index is 0.0822. The number of nitro groups is 1. The van der Waals surface area contributed by atoms with Crippen LogP contribution in [0, 0.1) is 17.0 Å². The Morgan fingerprint density at radius 1 is 1.63 bits per heavy atom. The van der Waals surface area contributed by atoms with E-state index >= 15 is 0 Å². The SMILES string of the molecule is CCN(CC1CCCN1)c1cc(C)c([N+](=O)[O-])cn1. The molecule has 1 aromatic heterocycles. The van der Waals surface area contributed by atoms with Crippen molar-refractivity contribution in [3.63, 3.8) is 0 Å². The van der Waals surface area contributed by atoms with E-state index in [1.54, 1.807) is 13.0 Å². The molecule has 2 rings (SSSR count). The van der Waals surface area contributed by atoms with Gasteiger partial charge in [-0.3, -0.25) is 10.1 Å². The third-order valence-corrected chi connectivity index (χ3v) is 3.57. The van der Waals surface area contributed by atoms with Gasteiger partial charge in [0.25, 0.3) is 5.69 Å². The van der Waals surface area contributed by atoms with Gasteiger partial charge < -0.3 is 10.2 Å². The second kappa shape index (κ2) is 5.97. The second-order valence-electron chi connectivity index (χ2n) is 4.92. The Balaban J connectivity index is 2.13. The van der Waals surface area contributed by atoms with E-state index in [1.807, 2.05) is 0 Å². The van der Waals surface area contributed by atoms with E-state index in [2.05, 4.69) is 22.1 Å². The molecule has 6 heteroatoms. The largest absolute Gasteiger partial charge is 0.355 e. The van der Waals surface area contributed by atoms with Gasteiger partial charge in [0.1, 0.15) is 12.0 Å². The van der Waals surface area contributed by atoms with Crippen molar-refractivity contribution in [1.29, 1.82) is 0 Å². The quantitative estimate of drug-likeness (QED) is 0.649. The molecule has 0 amide bonds. The lowest BCUT2D eigenvalue weighted by Gasteiger charge is -2.25. The summed E-state index contributed by atoms with van der Waals surface area (Å²) in [6.07, 6.45) is 3.76. The molecule has 0 bridgehead atoms. The third kappa shape index (κ3) is 3.20. The van der Waals surface area contributed by atoms with E-state index in [0.29, 0.717) is 11.6 Å². The smallest absolute Gasteiger partial charge is 0.290 e. The number of rotatable bonds is 5. The predicted octanol–water partition coefficient (Wildman–Crippen LogP) is 1.88. The zero-order chi connectivity index (χ0) is 13.8. The van der Waals surface area contributed by atoms with Crippen LogP contribution < -0.4 is 10.2 Å². The lowest BCUT2D eigenvalue weighted by atomic mass is 10.2. The standard InChI is InChI=1S/C13H20N4O2/c1-3-16(9-11-5-4-6-14-11)13-7-10(2)12(8-15-13)17(18)19/h7-8,11,14H,3-6,9H2,1-2H3. The van der Waals surface area contributed by atoms with Crippen LogP contribution in [0.3, 0.4) is 0 Å². The maximum absolute atomic E-state index is 10.8. The zero-order valence-corrected chi connectivity index (χ0v) is 11.4. The monoisotopic (exact) mass is 264 g/mol. The van der Waals surface area contributed by atoms with Gasteiger partial charge in [-0.05, 0) is 39.3 Å². The molecule has 1 atom stereocenters. The van der Waals surface area contributed by atoms with E-state index in [1.165, 1.54) is 19.0 Å². The minimum Gasteiger partial charge on any atom is -0.355 e. The van der Waals surface area contributed by atoms with Gasteiger partial charge in [-0.1, -0.05) is 0 Å². The number of likely N-dealkylation sites (N-methyl/N-ethyl adjacent to an activating group) is 1. The first-order valence-corrected chi connectivity index (χ1v) is 6.71. The fourth-order valence-electron chi connectivity index (χ4n) is 2.46. The summed E-state index contributed by atoms with van der Waals surface area (Å²) in [5, 5.41) is 14.3. The van der Waals surface area contributed by atoms with Crippen molar-refractivity contribution >= 4 is 11.5 Å². The lowest BCUT2D eigenvalue weighted by Crippen LogP contribution is -2.38. The topological polar surface area (TPSA) is 71.3 Å². The summed E-state index contributed by atoms with van der Waals surface area (Å²) < 4.78 is 0. The van der Waals surface area contributed by atoms with Crippen LogP contribution in [0.2, 0.25) is 0 Å². The Kier molecular flexibility index (Phi) is 4.31. The van der Waals surface area contributed by atoms with E-state index in [0.717, 1.165) is 25.5 Å². The Morgan fingerprint density at radius 3 is 2.95 bits per heavy atom. The van der Waals surface area contributed by atoms with Crippen LogP contribution in [0.4, 0.5) is 11.5 Å². The highest BCUT2D eigenvalue weighted by Crippen LogP contribution is 2.22. The molecule has 1 unspecified atom stereocenters. The lowest BCUT2D eigenvalue weighted by molar-refractivity contribution is -0.385.